The van der Waals surface area contributed by atoms with Gasteiger partial charge in [0.05, 0.1) is 0 Å². The first kappa shape index (κ1) is 16.3. The second-order valence-electron chi connectivity index (χ2n) is 7.02. The number of piperidine rings is 1. The fourth-order valence-electron chi connectivity index (χ4n) is 3.84. The first-order valence-electron chi connectivity index (χ1n) is 9.15. The Kier molecular flexibility index (Phi) is 5.87. The molecule has 2 aromatic rings. The van der Waals surface area contributed by atoms with Crippen molar-refractivity contribution in [3.05, 3.63) is 71.8 Å². The predicted molar refractivity (Wildman–Crippen MR) is 98.9 cm³/mol. The van der Waals surface area contributed by atoms with Crippen molar-refractivity contribution in [3.63, 3.8) is 0 Å². The van der Waals surface area contributed by atoms with Crippen molar-refractivity contribution in [2.45, 2.75) is 44.4 Å². The Morgan fingerprint density at radius 2 is 1.35 bits per heavy atom. The van der Waals surface area contributed by atoms with E-state index < -0.39 is 0 Å². The van der Waals surface area contributed by atoms with Gasteiger partial charge in [0.2, 0.25) is 0 Å². The zero-order valence-electron chi connectivity index (χ0n) is 14.3. The summed E-state index contributed by atoms with van der Waals surface area (Å²) in [6.45, 7) is 6.15. The van der Waals surface area contributed by atoms with Crippen LogP contribution in [0.4, 0.5) is 0 Å². The molecule has 23 heavy (non-hydrogen) atoms. The van der Waals surface area contributed by atoms with E-state index in [1.54, 1.807) is 0 Å². The third-order valence-corrected chi connectivity index (χ3v) is 5.20. The minimum atomic E-state index is 0.603. The quantitative estimate of drug-likeness (QED) is 0.686. The van der Waals surface area contributed by atoms with Crippen LogP contribution in [0.5, 0.6) is 0 Å². The fraction of sp³-hybridized carbons (Fsp3) is 0.455. The van der Waals surface area contributed by atoms with Gasteiger partial charge in [-0.05, 0) is 55.3 Å². The summed E-state index contributed by atoms with van der Waals surface area (Å²) in [7, 11) is 0. The number of benzene rings is 2. The normalized spacial score (nSPS) is 18.5. The first-order valence-corrected chi connectivity index (χ1v) is 9.15. The zero-order valence-corrected chi connectivity index (χ0v) is 14.3. The molecule has 1 saturated heterocycles. The summed E-state index contributed by atoms with van der Waals surface area (Å²) in [6, 6.07) is 22.1. The van der Waals surface area contributed by atoms with E-state index in [4.69, 9.17) is 0 Å². The van der Waals surface area contributed by atoms with Gasteiger partial charge in [0.1, 0.15) is 0 Å². The summed E-state index contributed by atoms with van der Waals surface area (Å²) >= 11 is 0. The molecule has 1 fully saturated rings. The molecule has 2 atom stereocenters. The van der Waals surface area contributed by atoms with Crippen LogP contribution < -0.4 is 0 Å². The summed E-state index contributed by atoms with van der Waals surface area (Å²) in [5.74, 6) is 1.23. The van der Waals surface area contributed by atoms with Crippen molar-refractivity contribution < 1.29 is 0 Å². The summed E-state index contributed by atoms with van der Waals surface area (Å²) in [4.78, 5) is 2.68. The molecule has 1 heteroatoms. The van der Waals surface area contributed by atoms with Gasteiger partial charge in [0.25, 0.3) is 0 Å². The lowest BCUT2D eigenvalue weighted by atomic mass is 9.85. The maximum absolute atomic E-state index is 2.68. The highest BCUT2D eigenvalue weighted by molar-refractivity contribution is 5.23. The van der Waals surface area contributed by atoms with E-state index in [1.165, 1.54) is 56.4 Å². The van der Waals surface area contributed by atoms with Crippen LogP contribution in [0.1, 0.15) is 55.6 Å². The Bertz CT molecular complexity index is 557. The van der Waals surface area contributed by atoms with Crippen molar-refractivity contribution in [1.82, 2.24) is 4.90 Å². The average molecular weight is 307 g/mol. The molecule has 1 aliphatic rings. The minimum absolute atomic E-state index is 0.603. The molecule has 0 unspecified atom stereocenters. The van der Waals surface area contributed by atoms with Crippen molar-refractivity contribution >= 4 is 0 Å². The van der Waals surface area contributed by atoms with Gasteiger partial charge >= 0.3 is 0 Å². The van der Waals surface area contributed by atoms with Crippen LogP contribution in [0.3, 0.4) is 0 Å². The van der Waals surface area contributed by atoms with Crippen molar-refractivity contribution in [2.75, 3.05) is 19.6 Å². The van der Waals surface area contributed by atoms with Gasteiger partial charge in [-0.2, -0.15) is 0 Å². The van der Waals surface area contributed by atoms with Gasteiger partial charge in [0.15, 0.2) is 0 Å². The third kappa shape index (κ3) is 4.68. The van der Waals surface area contributed by atoms with Gasteiger partial charge < -0.3 is 4.90 Å². The number of rotatable bonds is 6. The molecule has 0 radical (unpaired) electrons. The Morgan fingerprint density at radius 1 is 0.783 bits per heavy atom. The number of nitrogens with zero attached hydrogens (tertiary/aromatic N) is 1. The van der Waals surface area contributed by atoms with Gasteiger partial charge in [-0.25, -0.2) is 0 Å². The second-order valence-corrected chi connectivity index (χ2v) is 7.02. The second kappa shape index (κ2) is 8.31. The highest BCUT2D eigenvalue weighted by Gasteiger charge is 2.20. The molecular formula is C22H29N. The molecule has 0 N–H and O–H groups in total. The highest BCUT2D eigenvalue weighted by atomic mass is 15.1. The molecule has 0 aromatic heterocycles. The maximum atomic E-state index is 2.68. The van der Waals surface area contributed by atoms with E-state index in [1.807, 2.05) is 0 Å². The van der Waals surface area contributed by atoms with Crippen molar-refractivity contribution in [3.8, 4) is 0 Å². The maximum Gasteiger partial charge on any atom is 0.00505 e. The molecule has 1 aliphatic heterocycles. The van der Waals surface area contributed by atoms with Gasteiger partial charge in [-0.3, -0.25) is 0 Å². The van der Waals surface area contributed by atoms with Crippen LogP contribution in [-0.2, 0) is 0 Å². The standard InChI is InChI=1S/C22H29N/c1-19(20-11-5-2-6-12-20)17-22(21-13-7-3-8-14-21)18-23-15-9-4-10-16-23/h2-3,5-8,11-14,19,22H,4,9-10,15-18H2,1H3/t19-,22-/m1/s1. The van der Waals surface area contributed by atoms with E-state index >= 15 is 0 Å². The molecule has 0 bridgehead atoms. The lowest BCUT2D eigenvalue weighted by Gasteiger charge is -2.32. The molecule has 122 valence electrons. The summed E-state index contributed by atoms with van der Waals surface area (Å²) in [6.07, 6.45) is 5.38. The molecule has 0 amide bonds. The largest absolute Gasteiger partial charge is 0.303 e. The van der Waals surface area contributed by atoms with E-state index in [2.05, 4.69) is 72.5 Å². The summed E-state index contributed by atoms with van der Waals surface area (Å²) < 4.78 is 0. The lowest BCUT2D eigenvalue weighted by molar-refractivity contribution is 0.210. The predicted octanol–water partition coefficient (Wildman–Crippen LogP) is 5.45. The summed E-state index contributed by atoms with van der Waals surface area (Å²) in [5, 5.41) is 0. The van der Waals surface area contributed by atoms with Gasteiger partial charge in [-0.15, -0.1) is 0 Å². The Balaban J connectivity index is 1.72. The van der Waals surface area contributed by atoms with Crippen LogP contribution in [0.2, 0.25) is 0 Å². The van der Waals surface area contributed by atoms with E-state index in [0.29, 0.717) is 11.8 Å². The first-order chi connectivity index (χ1) is 11.3. The molecule has 3 rings (SSSR count). The number of hydrogen-bond donors (Lipinski definition) is 0. The van der Waals surface area contributed by atoms with Crippen LogP contribution in [0.25, 0.3) is 0 Å². The van der Waals surface area contributed by atoms with Crippen molar-refractivity contribution in [1.29, 1.82) is 0 Å². The molecule has 0 saturated carbocycles. The highest BCUT2D eigenvalue weighted by Crippen LogP contribution is 2.31. The SMILES string of the molecule is C[C@H](C[C@H](CN1CCCCC1)c1ccccc1)c1ccccc1. The topological polar surface area (TPSA) is 3.24 Å². The number of hydrogen-bond acceptors (Lipinski definition) is 1. The average Bonchev–Trinajstić information content (AvgIpc) is 2.63. The molecule has 0 spiro atoms. The van der Waals surface area contributed by atoms with E-state index in [9.17, 15) is 0 Å². The zero-order chi connectivity index (χ0) is 15.9. The molecule has 1 nitrogen and oxygen atoms in total. The molecule has 1 heterocycles. The Labute approximate surface area is 141 Å². The third-order valence-electron chi connectivity index (χ3n) is 5.20. The fourth-order valence-corrected chi connectivity index (χ4v) is 3.84. The lowest BCUT2D eigenvalue weighted by Crippen LogP contribution is -2.33. The molecule has 0 aliphatic carbocycles. The smallest absolute Gasteiger partial charge is 0.00505 e. The van der Waals surface area contributed by atoms with E-state index in [0.717, 1.165) is 0 Å². The van der Waals surface area contributed by atoms with Crippen LogP contribution in [-0.4, -0.2) is 24.5 Å². The van der Waals surface area contributed by atoms with E-state index in [-0.39, 0.29) is 0 Å². The Hall–Kier alpha value is -1.60. The van der Waals surface area contributed by atoms with Crippen LogP contribution in [0, 0.1) is 0 Å². The van der Waals surface area contributed by atoms with Crippen LogP contribution in [0.15, 0.2) is 60.7 Å². The number of likely N-dealkylation sites (tertiary alicyclic amines) is 1. The van der Waals surface area contributed by atoms with Gasteiger partial charge in [0, 0.05) is 6.54 Å². The van der Waals surface area contributed by atoms with Gasteiger partial charge in [-0.1, -0.05) is 74.0 Å². The monoisotopic (exact) mass is 307 g/mol. The molecular weight excluding hydrogens is 278 g/mol. The Morgan fingerprint density at radius 3 is 1.96 bits per heavy atom. The molecule has 2 aromatic carbocycles. The van der Waals surface area contributed by atoms with Crippen molar-refractivity contribution in [2.24, 2.45) is 0 Å². The minimum Gasteiger partial charge on any atom is -0.303 e. The summed E-state index contributed by atoms with van der Waals surface area (Å²) in [5.41, 5.74) is 2.97. The van der Waals surface area contributed by atoms with Crippen LogP contribution >= 0.6 is 0 Å².